The predicted molar refractivity (Wildman–Crippen MR) is 135 cm³/mol. The molecule has 0 radical (unpaired) electrons. The third kappa shape index (κ3) is 5.80. The van der Waals surface area contributed by atoms with Gasteiger partial charge < -0.3 is 0 Å². The van der Waals surface area contributed by atoms with Gasteiger partial charge in [-0.05, 0) is 48.3 Å². The number of unbranched alkanes of at least 4 members (excludes halogenated alkanes) is 1. The molecule has 0 N–H and O–H groups in total. The number of nitrogens with zero attached hydrogens (tertiary/aromatic N) is 2. The van der Waals surface area contributed by atoms with Crippen molar-refractivity contribution >= 4 is 5.91 Å². The summed E-state index contributed by atoms with van der Waals surface area (Å²) in [7, 11) is 0. The van der Waals surface area contributed by atoms with Crippen LogP contribution in [0, 0.1) is 5.92 Å². The number of halogens is 2. The van der Waals surface area contributed by atoms with Gasteiger partial charge in [0, 0.05) is 12.1 Å². The maximum Gasteiger partial charge on any atom is 0.335 e. The molecule has 4 nitrogen and oxygen atoms in total. The summed E-state index contributed by atoms with van der Waals surface area (Å²) in [5.41, 5.74) is 2.20. The van der Waals surface area contributed by atoms with Crippen molar-refractivity contribution in [2.24, 2.45) is 5.92 Å². The normalized spacial score (nSPS) is 14.5. The summed E-state index contributed by atoms with van der Waals surface area (Å²) in [4.78, 5) is 26.6. The zero-order valence-electron chi connectivity index (χ0n) is 20.4. The zero-order valence-corrected chi connectivity index (χ0v) is 20.4. The van der Waals surface area contributed by atoms with Crippen molar-refractivity contribution in [3.8, 4) is 11.1 Å². The fourth-order valence-corrected chi connectivity index (χ4v) is 5.19. The van der Waals surface area contributed by atoms with E-state index >= 15 is 0 Å². The quantitative estimate of drug-likeness (QED) is 0.324. The number of hydrogen-bond donors (Lipinski definition) is 0. The second kappa shape index (κ2) is 11.6. The predicted octanol–water partition coefficient (Wildman–Crippen LogP) is 7.26. The second-order valence-corrected chi connectivity index (χ2v) is 9.61. The van der Waals surface area contributed by atoms with Gasteiger partial charge in [-0.1, -0.05) is 87.2 Å². The highest BCUT2D eigenvalue weighted by atomic mass is 19.3. The summed E-state index contributed by atoms with van der Waals surface area (Å²) >= 11 is 0. The molecular weight excluding hydrogens is 446 g/mol. The van der Waals surface area contributed by atoms with E-state index in [-0.39, 0.29) is 24.6 Å². The van der Waals surface area contributed by atoms with Crippen molar-refractivity contribution in [2.45, 2.75) is 77.7 Å². The number of rotatable bonds is 9. The average molecular weight is 481 g/mol. The first kappa shape index (κ1) is 25.1. The van der Waals surface area contributed by atoms with Gasteiger partial charge in [-0.2, -0.15) is 0 Å². The standard InChI is InChI=1S/C29H34F2N2O2/c1-2-3-14-25-27(28(30)31)33(26(34)19-21-10-6-4-7-11-21)29(35)32(25)20-22-15-17-24(18-16-22)23-12-8-5-9-13-23/h5,8-9,12-13,15-18,21,28H,2-4,6-7,10-11,14,19-20H2,1H3. The largest absolute Gasteiger partial charge is 0.335 e. The van der Waals surface area contributed by atoms with Crippen LogP contribution in [0.4, 0.5) is 8.78 Å². The van der Waals surface area contributed by atoms with E-state index < -0.39 is 23.7 Å². The van der Waals surface area contributed by atoms with Gasteiger partial charge in [-0.15, -0.1) is 0 Å². The van der Waals surface area contributed by atoms with Crippen LogP contribution in [0.3, 0.4) is 0 Å². The Morgan fingerprint density at radius 1 is 0.971 bits per heavy atom. The average Bonchev–Trinajstić information content (AvgIpc) is 3.15. The van der Waals surface area contributed by atoms with E-state index in [1.807, 2.05) is 61.5 Å². The van der Waals surface area contributed by atoms with Gasteiger partial charge in [-0.3, -0.25) is 9.36 Å². The second-order valence-electron chi connectivity index (χ2n) is 9.61. The van der Waals surface area contributed by atoms with Gasteiger partial charge in [-0.25, -0.2) is 18.1 Å². The van der Waals surface area contributed by atoms with Crippen LogP contribution in [0.1, 0.15) is 86.5 Å². The van der Waals surface area contributed by atoms with Crippen LogP contribution in [0.5, 0.6) is 0 Å². The fraction of sp³-hybridized carbons (Fsp3) is 0.448. The SMILES string of the molecule is CCCCc1c(C(F)F)n(C(=O)CC2CCCCC2)c(=O)n1Cc1ccc(-c2ccccc2)cc1. The van der Waals surface area contributed by atoms with E-state index in [9.17, 15) is 18.4 Å². The number of imidazole rings is 1. The van der Waals surface area contributed by atoms with E-state index in [4.69, 9.17) is 0 Å². The Kier molecular flexibility index (Phi) is 8.32. The van der Waals surface area contributed by atoms with Gasteiger partial charge in [0.25, 0.3) is 6.43 Å². The number of alkyl halides is 2. The number of hydrogen-bond acceptors (Lipinski definition) is 2. The number of carbonyl (C=O) groups is 1. The van der Waals surface area contributed by atoms with Crippen molar-refractivity contribution in [3.63, 3.8) is 0 Å². The van der Waals surface area contributed by atoms with Crippen molar-refractivity contribution in [1.29, 1.82) is 0 Å². The summed E-state index contributed by atoms with van der Waals surface area (Å²) in [6, 6.07) is 17.7. The van der Waals surface area contributed by atoms with E-state index in [2.05, 4.69) is 0 Å². The van der Waals surface area contributed by atoms with Gasteiger partial charge in [0.05, 0.1) is 6.54 Å². The third-order valence-corrected chi connectivity index (χ3v) is 7.10. The van der Waals surface area contributed by atoms with E-state index in [0.29, 0.717) is 12.8 Å². The van der Waals surface area contributed by atoms with Crippen molar-refractivity contribution < 1.29 is 13.6 Å². The first-order chi connectivity index (χ1) is 17.0. The molecule has 0 aliphatic heterocycles. The lowest BCUT2D eigenvalue weighted by Gasteiger charge is -2.20. The Labute approximate surface area is 205 Å². The summed E-state index contributed by atoms with van der Waals surface area (Å²) in [5.74, 6) is -0.324. The molecule has 0 amide bonds. The molecule has 1 fully saturated rings. The molecule has 3 aromatic rings. The summed E-state index contributed by atoms with van der Waals surface area (Å²) in [6.07, 6.45) is 4.19. The van der Waals surface area contributed by atoms with Crippen LogP contribution in [-0.2, 0) is 13.0 Å². The Morgan fingerprint density at radius 2 is 1.63 bits per heavy atom. The zero-order chi connectivity index (χ0) is 24.8. The highest BCUT2D eigenvalue weighted by molar-refractivity contribution is 5.80. The first-order valence-corrected chi connectivity index (χ1v) is 12.8. The van der Waals surface area contributed by atoms with Gasteiger partial charge in [0.2, 0.25) is 5.91 Å². The van der Waals surface area contributed by atoms with Crippen LogP contribution in [0.15, 0.2) is 59.4 Å². The molecule has 1 aliphatic rings. The number of benzene rings is 2. The molecule has 0 saturated heterocycles. The highest BCUT2D eigenvalue weighted by Gasteiger charge is 2.30. The summed E-state index contributed by atoms with van der Waals surface area (Å²) in [6.45, 7) is 2.15. The summed E-state index contributed by atoms with van der Waals surface area (Å²) in [5, 5.41) is 0. The monoisotopic (exact) mass is 480 g/mol. The maximum absolute atomic E-state index is 14.3. The Bertz CT molecular complexity index is 1170. The van der Waals surface area contributed by atoms with Crippen molar-refractivity contribution in [3.05, 3.63) is 82.0 Å². The molecule has 0 spiro atoms. The number of aromatic nitrogens is 2. The molecule has 35 heavy (non-hydrogen) atoms. The van der Waals surface area contributed by atoms with E-state index in [1.165, 1.54) is 4.57 Å². The smallest absolute Gasteiger partial charge is 0.291 e. The van der Waals surface area contributed by atoms with Crippen LogP contribution in [0.25, 0.3) is 11.1 Å². The lowest BCUT2D eigenvalue weighted by molar-refractivity contribution is 0.0823. The van der Waals surface area contributed by atoms with Crippen LogP contribution < -0.4 is 5.69 Å². The van der Waals surface area contributed by atoms with Gasteiger partial charge in [0.1, 0.15) is 5.69 Å². The number of carbonyl (C=O) groups excluding carboxylic acids is 1. The molecule has 1 aromatic heterocycles. The van der Waals surface area contributed by atoms with E-state index in [0.717, 1.165) is 59.8 Å². The molecule has 186 valence electrons. The molecule has 0 unspecified atom stereocenters. The van der Waals surface area contributed by atoms with E-state index in [1.54, 1.807) is 0 Å². The van der Waals surface area contributed by atoms with Gasteiger partial charge in [0.15, 0.2) is 0 Å². The lowest BCUT2D eigenvalue weighted by Crippen LogP contribution is -2.32. The minimum atomic E-state index is -2.88. The van der Waals surface area contributed by atoms with Crippen LogP contribution >= 0.6 is 0 Å². The van der Waals surface area contributed by atoms with Gasteiger partial charge >= 0.3 is 5.69 Å². The molecule has 1 aliphatic carbocycles. The third-order valence-electron chi connectivity index (χ3n) is 7.10. The fourth-order valence-electron chi connectivity index (χ4n) is 5.19. The molecule has 4 rings (SSSR count). The lowest BCUT2D eigenvalue weighted by atomic mass is 9.87. The molecular formula is C29H34F2N2O2. The maximum atomic E-state index is 14.3. The van der Waals surface area contributed by atoms with Crippen molar-refractivity contribution in [1.82, 2.24) is 9.13 Å². The minimum Gasteiger partial charge on any atom is -0.291 e. The molecule has 1 heterocycles. The Morgan fingerprint density at radius 3 is 2.26 bits per heavy atom. The van der Waals surface area contributed by atoms with Crippen LogP contribution in [0.2, 0.25) is 0 Å². The molecule has 0 atom stereocenters. The first-order valence-electron chi connectivity index (χ1n) is 12.8. The van der Waals surface area contributed by atoms with Crippen LogP contribution in [-0.4, -0.2) is 15.0 Å². The molecule has 6 heteroatoms. The molecule has 1 saturated carbocycles. The summed E-state index contributed by atoms with van der Waals surface area (Å²) < 4.78 is 30.8. The Balaban J connectivity index is 1.67. The Hall–Kier alpha value is -3.02. The highest BCUT2D eigenvalue weighted by Crippen LogP contribution is 2.29. The molecule has 0 bridgehead atoms. The minimum absolute atomic E-state index is 0.155. The topological polar surface area (TPSA) is 44.0 Å². The van der Waals surface area contributed by atoms with Crippen molar-refractivity contribution in [2.75, 3.05) is 0 Å². The molecule has 2 aromatic carbocycles.